The number of hydrogen-bond donors (Lipinski definition) is 1. The van der Waals surface area contributed by atoms with E-state index >= 15 is 0 Å². The molecule has 0 amide bonds. The van der Waals surface area contributed by atoms with Gasteiger partial charge in [-0.2, -0.15) is 0 Å². The second-order valence-electron chi connectivity index (χ2n) is 11.5. The van der Waals surface area contributed by atoms with E-state index in [-0.39, 0.29) is 0 Å². The van der Waals surface area contributed by atoms with Crippen molar-refractivity contribution < 1.29 is 0 Å². The van der Waals surface area contributed by atoms with E-state index in [1.807, 2.05) is 50.2 Å². The first-order chi connectivity index (χ1) is 19.6. The van der Waals surface area contributed by atoms with Crippen LogP contribution in [-0.4, -0.2) is 79.6 Å². The number of aromatic amines is 1. The first-order valence-corrected chi connectivity index (χ1v) is 15.1. The normalized spacial score (nSPS) is 13.0. The van der Waals surface area contributed by atoms with Gasteiger partial charge in [-0.3, -0.25) is 0 Å². The number of nitrogens with one attached hydrogen (secondary N) is 1. The second kappa shape index (κ2) is 24.9. The number of terminal acetylenes is 1. The highest BCUT2D eigenvalue weighted by atomic mass is 15.3. The van der Waals surface area contributed by atoms with Crippen molar-refractivity contribution in [3.63, 3.8) is 0 Å². The third kappa shape index (κ3) is 20.7. The van der Waals surface area contributed by atoms with Gasteiger partial charge in [0.25, 0.3) is 0 Å². The van der Waals surface area contributed by atoms with E-state index in [9.17, 15) is 0 Å². The lowest BCUT2D eigenvalue weighted by Crippen LogP contribution is -2.47. The van der Waals surface area contributed by atoms with Crippen LogP contribution in [-0.2, 0) is 6.42 Å². The molecule has 0 bridgehead atoms. The van der Waals surface area contributed by atoms with Gasteiger partial charge < -0.3 is 19.7 Å². The summed E-state index contributed by atoms with van der Waals surface area (Å²) in [7, 11) is 4.31. The smallest absolute Gasteiger partial charge is 0.0458 e. The van der Waals surface area contributed by atoms with Crippen molar-refractivity contribution in [2.75, 3.05) is 59.9 Å². The SMILES string of the molecule is C#C.C=C.CC.CC(C)(C)C.Cc1[nH]c2ccccc2c1CCN1CCN(CCCN(C)C)CC1.c1ccccc1. The number of piperazine rings is 1. The summed E-state index contributed by atoms with van der Waals surface area (Å²) >= 11 is 0. The van der Waals surface area contributed by atoms with E-state index in [1.165, 1.54) is 74.4 Å². The molecule has 1 aliphatic rings. The summed E-state index contributed by atoms with van der Waals surface area (Å²) in [5, 5.41) is 1.40. The molecule has 4 nitrogen and oxygen atoms in total. The maximum absolute atomic E-state index is 4.00. The van der Waals surface area contributed by atoms with Crippen molar-refractivity contribution >= 4 is 10.9 Å². The number of para-hydroxylation sites is 1. The summed E-state index contributed by atoms with van der Waals surface area (Å²) in [6.07, 6.45) is 10.4. The number of rotatable bonds is 7. The third-order valence-electron chi connectivity index (χ3n) is 5.92. The van der Waals surface area contributed by atoms with Gasteiger partial charge in [0, 0.05) is 49.3 Å². The van der Waals surface area contributed by atoms with Crippen LogP contribution in [0.25, 0.3) is 10.9 Å². The fourth-order valence-corrected chi connectivity index (χ4v) is 4.16. The highest BCUT2D eigenvalue weighted by molar-refractivity contribution is 5.84. The molecule has 4 rings (SSSR count). The average Bonchev–Trinajstić information content (AvgIpc) is 3.31. The van der Waals surface area contributed by atoms with Gasteiger partial charge in [0.05, 0.1) is 0 Å². The fourth-order valence-electron chi connectivity index (χ4n) is 4.16. The number of nitrogens with zero attached hydrogens (tertiary/aromatic N) is 3. The summed E-state index contributed by atoms with van der Waals surface area (Å²) < 4.78 is 0. The minimum absolute atomic E-state index is 0.500. The Hall–Kier alpha value is -2.84. The van der Waals surface area contributed by atoms with Crippen LogP contribution in [0.3, 0.4) is 0 Å². The van der Waals surface area contributed by atoms with Gasteiger partial charge in [0.15, 0.2) is 0 Å². The highest BCUT2D eigenvalue weighted by Gasteiger charge is 2.17. The van der Waals surface area contributed by atoms with Gasteiger partial charge in [-0.15, -0.1) is 26.0 Å². The Labute approximate surface area is 254 Å². The highest BCUT2D eigenvalue weighted by Crippen LogP contribution is 2.22. The van der Waals surface area contributed by atoms with E-state index in [1.54, 1.807) is 0 Å². The average molecular weight is 563 g/mol. The lowest BCUT2D eigenvalue weighted by Gasteiger charge is -2.34. The van der Waals surface area contributed by atoms with E-state index in [2.05, 4.69) is 119 Å². The van der Waals surface area contributed by atoms with Crippen LogP contribution in [0, 0.1) is 25.2 Å². The van der Waals surface area contributed by atoms with Crippen LogP contribution in [0.5, 0.6) is 0 Å². The topological polar surface area (TPSA) is 25.5 Å². The minimum atomic E-state index is 0.500. The molecule has 1 saturated heterocycles. The molecule has 0 radical (unpaired) electrons. The Kier molecular flexibility index (Phi) is 24.5. The van der Waals surface area contributed by atoms with Crippen LogP contribution in [0.4, 0.5) is 0 Å². The summed E-state index contributed by atoms with van der Waals surface area (Å²) in [5.41, 5.74) is 4.60. The molecule has 0 spiro atoms. The first kappa shape index (κ1) is 40.3. The van der Waals surface area contributed by atoms with Crippen molar-refractivity contribution in [3.8, 4) is 12.8 Å². The molecular weight excluding hydrogens is 500 g/mol. The monoisotopic (exact) mass is 562 g/mol. The molecule has 3 aromatic rings. The maximum Gasteiger partial charge on any atom is 0.0458 e. The molecule has 4 heteroatoms. The van der Waals surface area contributed by atoms with E-state index in [0.29, 0.717) is 5.41 Å². The lowest BCUT2D eigenvalue weighted by atomic mass is 10.0. The number of H-pyrrole nitrogens is 1. The molecule has 0 unspecified atom stereocenters. The van der Waals surface area contributed by atoms with Crippen LogP contribution in [0.15, 0.2) is 73.8 Å². The predicted molar refractivity (Wildman–Crippen MR) is 187 cm³/mol. The molecule has 0 saturated carbocycles. The van der Waals surface area contributed by atoms with Gasteiger partial charge in [0.1, 0.15) is 0 Å². The zero-order valence-electron chi connectivity index (χ0n) is 28.0. The standard InChI is InChI=1S/C20H32N4.C6H6.C5H12.C2H6.C2H4.C2H2/c1-17-18(19-7-4-5-8-20(19)21-17)9-12-24-15-13-23(14-16-24)11-6-10-22(2)3;1-2-4-6-5-3-1;1-5(2,3)4;3*1-2/h4-5,7-8,21H,6,9-16H2,1-3H3;1-6H;1-4H3;1-2H3;1-2H2;1-2H. The number of aromatic nitrogens is 1. The van der Waals surface area contributed by atoms with Gasteiger partial charge in [-0.1, -0.05) is 96.1 Å². The molecular formula is C37H62N4. The lowest BCUT2D eigenvalue weighted by molar-refractivity contribution is 0.130. The van der Waals surface area contributed by atoms with E-state index < -0.39 is 0 Å². The summed E-state index contributed by atoms with van der Waals surface area (Å²) in [4.78, 5) is 11.1. The number of hydrogen-bond acceptors (Lipinski definition) is 3. The van der Waals surface area contributed by atoms with Crippen LogP contribution < -0.4 is 0 Å². The molecule has 1 fully saturated rings. The maximum atomic E-state index is 4.00. The Morgan fingerprint density at radius 2 is 1.20 bits per heavy atom. The van der Waals surface area contributed by atoms with Crippen molar-refractivity contribution in [2.24, 2.45) is 5.41 Å². The van der Waals surface area contributed by atoms with Crippen molar-refractivity contribution in [2.45, 2.75) is 61.3 Å². The second-order valence-corrected chi connectivity index (χ2v) is 11.5. The van der Waals surface area contributed by atoms with Crippen LogP contribution in [0.1, 0.15) is 59.2 Å². The molecule has 230 valence electrons. The Balaban J connectivity index is 0. The fraction of sp³-hybridized carbons (Fsp3) is 0.514. The number of benzene rings is 2. The zero-order chi connectivity index (χ0) is 31.7. The molecule has 1 aromatic heterocycles. The van der Waals surface area contributed by atoms with Crippen LogP contribution >= 0.6 is 0 Å². The Bertz CT molecular complexity index is 957. The summed E-state index contributed by atoms with van der Waals surface area (Å²) in [5.74, 6) is 0. The van der Waals surface area contributed by atoms with Crippen molar-refractivity contribution in [1.29, 1.82) is 0 Å². The largest absolute Gasteiger partial charge is 0.358 e. The minimum Gasteiger partial charge on any atom is -0.358 e. The first-order valence-electron chi connectivity index (χ1n) is 15.1. The number of aryl methyl sites for hydroxylation is 1. The molecule has 2 aromatic carbocycles. The van der Waals surface area contributed by atoms with Crippen molar-refractivity contribution in [1.82, 2.24) is 19.7 Å². The molecule has 0 aliphatic carbocycles. The summed E-state index contributed by atoms with van der Waals surface area (Å²) in [6, 6.07) is 20.7. The van der Waals surface area contributed by atoms with Gasteiger partial charge >= 0.3 is 0 Å². The van der Waals surface area contributed by atoms with Crippen molar-refractivity contribution in [3.05, 3.63) is 85.1 Å². The van der Waals surface area contributed by atoms with E-state index in [4.69, 9.17) is 0 Å². The van der Waals surface area contributed by atoms with Gasteiger partial charge in [-0.25, -0.2) is 0 Å². The summed E-state index contributed by atoms with van der Waals surface area (Å²) in [6.45, 7) is 29.4. The third-order valence-corrected chi connectivity index (χ3v) is 5.92. The zero-order valence-corrected chi connectivity index (χ0v) is 28.0. The molecule has 0 atom stereocenters. The molecule has 2 heterocycles. The van der Waals surface area contributed by atoms with Crippen LogP contribution in [0.2, 0.25) is 0 Å². The Morgan fingerprint density at radius 1 is 0.780 bits per heavy atom. The quantitative estimate of drug-likeness (QED) is 0.231. The molecule has 1 N–H and O–H groups in total. The Morgan fingerprint density at radius 3 is 1.63 bits per heavy atom. The number of fused-ring (bicyclic) bond motifs is 1. The van der Waals surface area contributed by atoms with Gasteiger partial charge in [-0.05, 0) is 64.0 Å². The molecule has 41 heavy (non-hydrogen) atoms. The predicted octanol–water partition coefficient (Wildman–Crippen LogP) is 8.40. The molecule has 1 aliphatic heterocycles. The van der Waals surface area contributed by atoms with Gasteiger partial charge in [0.2, 0.25) is 0 Å². The van der Waals surface area contributed by atoms with E-state index in [0.717, 1.165) is 6.42 Å².